The van der Waals surface area contributed by atoms with Crippen LogP contribution in [-0.4, -0.2) is 96.7 Å². The van der Waals surface area contributed by atoms with Crippen molar-refractivity contribution in [2.24, 2.45) is 23.7 Å². The van der Waals surface area contributed by atoms with Crippen LogP contribution in [0.15, 0.2) is 0 Å². The minimum Gasteiger partial charge on any atom is -0.462 e. The van der Waals surface area contributed by atoms with Crippen molar-refractivity contribution in [2.75, 3.05) is 39.6 Å². The number of hydrogen-bond acceptors (Lipinski definition) is 15. The number of hydrogen-bond donors (Lipinski definition) is 3. The van der Waals surface area contributed by atoms with E-state index in [-0.39, 0.29) is 25.7 Å². The van der Waals surface area contributed by atoms with E-state index in [1.165, 1.54) is 205 Å². The summed E-state index contributed by atoms with van der Waals surface area (Å²) in [6.45, 7) is 14.2. The van der Waals surface area contributed by atoms with Gasteiger partial charge >= 0.3 is 39.5 Å². The average Bonchev–Trinajstić information content (AvgIpc) is 1.01. The zero-order valence-corrected chi connectivity index (χ0v) is 66.2. The van der Waals surface area contributed by atoms with E-state index in [1.807, 2.05) is 0 Å². The van der Waals surface area contributed by atoms with Gasteiger partial charge in [-0.05, 0) is 49.4 Å². The van der Waals surface area contributed by atoms with Crippen LogP contribution >= 0.6 is 15.6 Å². The van der Waals surface area contributed by atoms with Crippen molar-refractivity contribution < 1.29 is 80.2 Å². The third kappa shape index (κ3) is 69.8. The number of phosphoric ester groups is 2. The number of aliphatic hydroxyl groups excluding tert-OH is 1. The number of phosphoric acid groups is 2. The predicted molar refractivity (Wildman–Crippen MR) is 400 cm³/mol. The van der Waals surface area contributed by atoms with Crippen LogP contribution in [0.25, 0.3) is 0 Å². The maximum Gasteiger partial charge on any atom is 0.472 e. The number of ether oxygens (including phenoxy) is 4. The lowest BCUT2D eigenvalue weighted by molar-refractivity contribution is -0.161. The van der Waals surface area contributed by atoms with Crippen molar-refractivity contribution in [3.8, 4) is 0 Å². The third-order valence-electron chi connectivity index (χ3n) is 19.0. The van der Waals surface area contributed by atoms with Gasteiger partial charge in [0, 0.05) is 25.7 Å². The van der Waals surface area contributed by atoms with Crippen molar-refractivity contribution in [1.82, 2.24) is 0 Å². The zero-order valence-electron chi connectivity index (χ0n) is 64.4. The molecule has 0 aromatic rings. The Hall–Kier alpha value is -1.94. The van der Waals surface area contributed by atoms with Crippen LogP contribution in [0.2, 0.25) is 0 Å². The highest BCUT2D eigenvalue weighted by molar-refractivity contribution is 7.47. The van der Waals surface area contributed by atoms with Crippen LogP contribution in [0.5, 0.6) is 0 Å². The molecule has 17 nitrogen and oxygen atoms in total. The third-order valence-corrected chi connectivity index (χ3v) is 20.9. The first kappa shape index (κ1) is 96.1. The Bertz CT molecular complexity index is 1920. The van der Waals surface area contributed by atoms with Crippen molar-refractivity contribution in [3.05, 3.63) is 0 Å². The fourth-order valence-electron chi connectivity index (χ4n) is 12.0. The van der Waals surface area contributed by atoms with Crippen molar-refractivity contribution in [3.63, 3.8) is 0 Å². The van der Waals surface area contributed by atoms with E-state index in [9.17, 15) is 43.2 Å². The molecule has 0 aliphatic heterocycles. The van der Waals surface area contributed by atoms with E-state index in [0.717, 1.165) is 114 Å². The van der Waals surface area contributed by atoms with Crippen LogP contribution in [0.3, 0.4) is 0 Å². The lowest BCUT2D eigenvalue weighted by atomic mass is 9.99. The van der Waals surface area contributed by atoms with Gasteiger partial charge in [-0.15, -0.1) is 0 Å². The molecular weight excluding hydrogens is 1280 g/mol. The summed E-state index contributed by atoms with van der Waals surface area (Å²) in [5, 5.41) is 10.6. The summed E-state index contributed by atoms with van der Waals surface area (Å²) in [5.41, 5.74) is 0. The molecule has 0 amide bonds. The van der Waals surface area contributed by atoms with Crippen LogP contribution in [-0.2, 0) is 65.4 Å². The second-order valence-electron chi connectivity index (χ2n) is 29.9. The molecule has 19 heteroatoms. The zero-order chi connectivity index (χ0) is 72.4. The fourth-order valence-corrected chi connectivity index (χ4v) is 13.6. The summed E-state index contributed by atoms with van der Waals surface area (Å²) < 4.78 is 68.6. The Morgan fingerprint density at radius 3 is 0.724 bits per heavy atom. The Balaban J connectivity index is 5.23. The van der Waals surface area contributed by atoms with Gasteiger partial charge in [0.1, 0.15) is 19.3 Å². The highest BCUT2D eigenvalue weighted by atomic mass is 31.2. The molecule has 5 unspecified atom stereocenters. The molecular formula is C79H154O17P2. The Labute approximate surface area is 600 Å². The summed E-state index contributed by atoms with van der Waals surface area (Å²) in [5.74, 6) is 1.01. The predicted octanol–water partition coefficient (Wildman–Crippen LogP) is 23.2. The minimum atomic E-state index is -4.96. The molecule has 3 N–H and O–H groups in total. The number of carbonyl (C=O) groups is 4. The van der Waals surface area contributed by atoms with Gasteiger partial charge < -0.3 is 33.8 Å². The van der Waals surface area contributed by atoms with Gasteiger partial charge in [-0.25, -0.2) is 9.13 Å². The monoisotopic (exact) mass is 1440 g/mol. The van der Waals surface area contributed by atoms with Gasteiger partial charge in [0.25, 0.3) is 0 Å². The summed E-state index contributed by atoms with van der Waals surface area (Å²) >= 11 is 0. The number of rotatable bonds is 76. The van der Waals surface area contributed by atoms with Crippen LogP contribution in [0, 0.1) is 23.7 Å². The summed E-state index contributed by atoms with van der Waals surface area (Å²) in [6.07, 6.45) is 54.1. The molecule has 0 aliphatic rings. The Kier molecular flexibility index (Phi) is 66.8. The van der Waals surface area contributed by atoms with Crippen molar-refractivity contribution in [1.29, 1.82) is 0 Å². The first-order chi connectivity index (χ1) is 47.2. The Morgan fingerprint density at radius 1 is 0.286 bits per heavy atom. The number of carbonyl (C=O) groups excluding carboxylic acids is 4. The average molecular weight is 1440 g/mol. The molecule has 0 aliphatic carbocycles. The summed E-state index contributed by atoms with van der Waals surface area (Å²) in [6, 6.07) is 0. The lowest BCUT2D eigenvalue weighted by Crippen LogP contribution is -2.30. The molecule has 0 aromatic heterocycles. The van der Waals surface area contributed by atoms with Gasteiger partial charge in [-0.3, -0.25) is 37.3 Å². The summed E-state index contributed by atoms with van der Waals surface area (Å²) in [7, 11) is -9.92. The quantitative estimate of drug-likeness (QED) is 0.0222. The smallest absolute Gasteiger partial charge is 0.462 e. The van der Waals surface area contributed by atoms with E-state index in [4.69, 9.17) is 37.0 Å². The molecule has 0 fully saturated rings. The van der Waals surface area contributed by atoms with E-state index in [1.54, 1.807) is 0 Å². The molecule has 0 spiro atoms. The van der Waals surface area contributed by atoms with Crippen LogP contribution in [0.4, 0.5) is 0 Å². The number of unbranched alkanes of at least 4 members (excludes halogenated alkanes) is 40. The van der Waals surface area contributed by atoms with E-state index in [0.29, 0.717) is 25.7 Å². The lowest BCUT2D eigenvalue weighted by Gasteiger charge is -2.21. The maximum absolute atomic E-state index is 13.1. The second-order valence-corrected chi connectivity index (χ2v) is 32.8. The molecule has 0 radical (unpaired) electrons. The van der Waals surface area contributed by atoms with Crippen LogP contribution < -0.4 is 0 Å². The normalized spacial score (nSPS) is 14.6. The first-order valence-corrected chi connectivity index (χ1v) is 43.8. The molecule has 0 bridgehead atoms. The standard InChI is InChI=1S/C79H154O17P2/c1-9-71(7)57-49-41-33-24-21-22-25-35-43-51-59-76(81)89-65-74(95-78(83)61-53-45-37-26-20-18-16-14-12-11-13-15-17-19-23-31-39-47-55-69(3)4)67-93-97(85,86)91-63-73(80)64-92-98(87,88)94-68-75(66-90-77(82)60-52-44-36-29-27-32-40-48-56-70(5)6)96-79(84)62-54-46-38-30-28-34-42-50-58-72(8)10-2/h69-75,80H,9-68H2,1-8H3,(H,85,86)(H,87,88)/t71?,72?,73?,74-,75-/m1/s1. The highest BCUT2D eigenvalue weighted by Gasteiger charge is 2.30. The maximum atomic E-state index is 13.1. The number of aliphatic hydroxyl groups is 1. The fraction of sp³-hybridized carbons (Fsp3) is 0.949. The van der Waals surface area contributed by atoms with E-state index < -0.39 is 97.5 Å². The second kappa shape index (κ2) is 68.2. The van der Waals surface area contributed by atoms with Crippen molar-refractivity contribution in [2.45, 2.75) is 420 Å². The molecule has 0 saturated heterocycles. The van der Waals surface area contributed by atoms with Gasteiger partial charge in [-0.2, -0.15) is 0 Å². The highest BCUT2D eigenvalue weighted by Crippen LogP contribution is 2.45. The molecule has 98 heavy (non-hydrogen) atoms. The SMILES string of the molecule is CCC(C)CCCCCCCCCCCCC(=O)OC[C@H](COP(=O)(O)OCC(O)COP(=O)(O)OC[C@@H](COC(=O)CCCCCCCCCCC(C)C)OC(=O)CCCCCCCCCCC(C)CC)OC(=O)CCCCCCCCCCCCCCCCCCCCC(C)C. The van der Waals surface area contributed by atoms with Crippen molar-refractivity contribution >= 4 is 39.5 Å². The molecule has 0 saturated carbocycles. The van der Waals surface area contributed by atoms with E-state index >= 15 is 0 Å². The molecule has 0 aromatic carbocycles. The molecule has 7 atom stereocenters. The molecule has 0 rings (SSSR count). The van der Waals surface area contributed by atoms with Gasteiger partial charge in [-0.1, -0.05) is 351 Å². The van der Waals surface area contributed by atoms with Gasteiger partial charge in [0.2, 0.25) is 0 Å². The summed E-state index contributed by atoms with van der Waals surface area (Å²) in [4.78, 5) is 72.9. The molecule has 0 heterocycles. The Morgan fingerprint density at radius 2 is 0.490 bits per heavy atom. The number of esters is 4. The van der Waals surface area contributed by atoms with Gasteiger partial charge in [0.15, 0.2) is 12.2 Å². The topological polar surface area (TPSA) is 237 Å². The largest absolute Gasteiger partial charge is 0.472 e. The first-order valence-electron chi connectivity index (χ1n) is 40.8. The minimum absolute atomic E-state index is 0.104. The molecule has 582 valence electrons. The van der Waals surface area contributed by atoms with E-state index in [2.05, 4.69) is 55.4 Å². The van der Waals surface area contributed by atoms with Crippen LogP contribution in [0.1, 0.15) is 402 Å². The van der Waals surface area contributed by atoms with Gasteiger partial charge in [0.05, 0.1) is 26.4 Å².